The van der Waals surface area contributed by atoms with Crippen LogP contribution in [0.25, 0.3) is 0 Å². The number of hydroxylamine groups is 2. The van der Waals surface area contributed by atoms with Crippen LogP contribution in [0, 0.1) is 0 Å². The van der Waals surface area contributed by atoms with Crippen LogP contribution in [0.1, 0.15) is 19.8 Å². The molecule has 0 aromatic rings. The highest BCUT2D eigenvalue weighted by Crippen LogP contribution is 2.32. The van der Waals surface area contributed by atoms with Gasteiger partial charge in [-0.1, -0.05) is 0 Å². The van der Waals surface area contributed by atoms with Crippen LogP contribution in [-0.4, -0.2) is 84.4 Å². The van der Waals surface area contributed by atoms with Gasteiger partial charge < -0.3 is 30.3 Å². The molecule has 0 aliphatic carbocycles. The molecule has 1 aliphatic heterocycles. The van der Waals surface area contributed by atoms with E-state index in [9.17, 15) is 30.1 Å². The molecule has 21 heavy (non-hydrogen) atoms. The van der Waals surface area contributed by atoms with E-state index in [-0.39, 0.29) is 5.06 Å². The number of carbonyl (C=O) groups excluding carboxylic acids is 1. The second-order valence-electron chi connectivity index (χ2n) is 4.94. The van der Waals surface area contributed by atoms with Gasteiger partial charge in [-0.3, -0.25) is 10.0 Å². The number of rotatable bonds is 5. The molecule has 10 heteroatoms. The smallest absolute Gasteiger partial charge is 0.364 e. The molecule has 0 radical (unpaired) electrons. The van der Waals surface area contributed by atoms with Crippen molar-refractivity contribution in [2.45, 2.75) is 49.9 Å². The monoisotopic (exact) mass is 309 g/mol. The molecule has 0 bridgehead atoms. The summed E-state index contributed by atoms with van der Waals surface area (Å²) in [6, 6.07) is -1.39. The molecule has 4 unspecified atom stereocenters. The molecule has 0 saturated carbocycles. The molecule has 0 aromatic heterocycles. The van der Waals surface area contributed by atoms with Crippen molar-refractivity contribution in [2.24, 2.45) is 0 Å². The fourth-order valence-electron chi connectivity index (χ4n) is 2.22. The summed E-state index contributed by atoms with van der Waals surface area (Å²) in [7, 11) is 0. The summed E-state index contributed by atoms with van der Waals surface area (Å²) in [6.45, 7) is 0.323. The van der Waals surface area contributed by atoms with Gasteiger partial charge in [-0.2, -0.15) is 0 Å². The zero-order valence-corrected chi connectivity index (χ0v) is 11.3. The highest BCUT2D eigenvalue weighted by atomic mass is 16.7. The fraction of sp³-hybridized carbons (Fsp3) is 0.818. The lowest BCUT2D eigenvalue weighted by molar-refractivity contribution is -0.306. The molecule has 1 aliphatic rings. The van der Waals surface area contributed by atoms with E-state index < -0.39 is 61.5 Å². The van der Waals surface area contributed by atoms with E-state index in [0.29, 0.717) is 0 Å². The maximum Gasteiger partial charge on any atom is 0.364 e. The Hall–Kier alpha value is -1.30. The lowest BCUT2D eigenvalue weighted by Gasteiger charge is -2.44. The van der Waals surface area contributed by atoms with Crippen molar-refractivity contribution in [1.82, 2.24) is 5.06 Å². The second-order valence-corrected chi connectivity index (χ2v) is 4.94. The van der Waals surface area contributed by atoms with Crippen molar-refractivity contribution in [2.75, 3.05) is 6.61 Å². The molecule has 6 N–H and O–H groups in total. The van der Waals surface area contributed by atoms with Crippen LogP contribution in [0.15, 0.2) is 0 Å². The summed E-state index contributed by atoms with van der Waals surface area (Å²) in [5.74, 6) is -5.31. The quantitative estimate of drug-likeness (QED) is 0.233. The molecule has 1 fully saturated rings. The predicted octanol–water partition coefficient (Wildman–Crippen LogP) is -2.74. The van der Waals surface area contributed by atoms with Gasteiger partial charge in [-0.15, -0.1) is 0 Å². The maximum absolute atomic E-state index is 11.2. The van der Waals surface area contributed by atoms with Gasteiger partial charge in [0.15, 0.2) is 0 Å². The Balaban J connectivity index is 3.05. The minimum Gasteiger partial charge on any atom is -0.477 e. The van der Waals surface area contributed by atoms with E-state index in [2.05, 4.69) is 0 Å². The van der Waals surface area contributed by atoms with Crippen molar-refractivity contribution >= 4 is 11.9 Å². The van der Waals surface area contributed by atoms with E-state index in [1.165, 1.54) is 0 Å². The normalized spacial score (nSPS) is 34.3. The van der Waals surface area contributed by atoms with E-state index in [4.69, 9.17) is 14.9 Å². The minimum absolute atomic E-state index is 0.154. The zero-order chi connectivity index (χ0) is 16.4. The van der Waals surface area contributed by atoms with Crippen LogP contribution in [0.3, 0.4) is 0 Å². The van der Waals surface area contributed by atoms with Gasteiger partial charge >= 0.3 is 5.97 Å². The Morgan fingerprint density at radius 2 is 2.05 bits per heavy atom. The fourth-order valence-corrected chi connectivity index (χ4v) is 2.22. The molecular formula is C11H19NO9. The highest BCUT2D eigenvalue weighted by molar-refractivity contribution is 5.76. The Bertz CT molecular complexity index is 403. The number of aliphatic hydroxyl groups is 4. The van der Waals surface area contributed by atoms with E-state index in [1.807, 2.05) is 0 Å². The number of carboxylic acid groups (broad SMARTS) is 1. The molecular weight excluding hydrogens is 290 g/mol. The van der Waals surface area contributed by atoms with Crippen LogP contribution < -0.4 is 0 Å². The molecule has 1 rings (SSSR count). The largest absolute Gasteiger partial charge is 0.477 e. The molecule has 0 aromatic carbocycles. The van der Waals surface area contributed by atoms with Gasteiger partial charge in [0.05, 0.1) is 24.9 Å². The van der Waals surface area contributed by atoms with E-state index in [1.54, 1.807) is 0 Å². The summed E-state index contributed by atoms with van der Waals surface area (Å²) in [6.07, 6.45) is -5.53. The SMILES string of the molecule is CC(=O)N(O)C1C(O)CC(O)(C(=O)O)OC1C[C@H](O)CO. The van der Waals surface area contributed by atoms with Crippen LogP contribution in [0.5, 0.6) is 0 Å². The molecule has 5 atom stereocenters. The Labute approximate surface area is 119 Å². The lowest BCUT2D eigenvalue weighted by Crippen LogP contribution is -2.63. The first kappa shape index (κ1) is 17.8. The number of ether oxygens (including phenoxy) is 1. The van der Waals surface area contributed by atoms with Crippen molar-refractivity contribution in [3.8, 4) is 0 Å². The summed E-state index contributed by atoms with van der Waals surface area (Å²) in [5.41, 5.74) is 0. The number of aliphatic carboxylic acids is 1. The summed E-state index contributed by atoms with van der Waals surface area (Å²) in [5, 5.41) is 56.7. The Kier molecular flexibility index (Phi) is 5.61. The zero-order valence-electron chi connectivity index (χ0n) is 11.3. The summed E-state index contributed by atoms with van der Waals surface area (Å²) >= 11 is 0. The first-order valence-electron chi connectivity index (χ1n) is 6.21. The molecule has 0 spiro atoms. The summed E-state index contributed by atoms with van der Waals surface area (Å²) in [4.78, 5) is 22.2. The average Bonchev–Trinajstić information content (AvgIpc) is 2.37. The molecule has 1 amide bonds. The molecule has 1 saturated heterocycles. The Morgan fingerprint density at radius 3 is 2.48 bits per heavy atom. The van der Waals surface area contributed by atoms with Crippen LogP contribution in [-0.2, 0) is 14.3 Å². The van der Waals surface area contributed by atoms with Gasteiger partial charge in [-0.25, -0.2) is 9.86 Å². The summed E-state index contributed by atoms with van der Waals surface area (Å²) < 4.78 is 4.93. The van der Waals surface area contributed by atoms with Crippen molar-refractivity contribution < 1.29 is 45.1 Å². The predicted molar refractivity (Wildman–Crippen MR) is 63.9 cm³/mol. The number of hydrogen-bond donors (Lipinski definition) is 6. The number of carboxylic acids is 1. The van der Waals surface area contributed by atoms with E-state index in [0.717, 1.165) is 6.92 Å². The standard InChI is InChI=1S/C11H19NO9/c1-5(14)12(20)9-7(16)3-11(19,10(17)18)21-8(9)2-6(15)4-13/h6-9,13,15-16,19-20H,2-4H2,1H3,(H,17,18)/t6-,7?,8?,9?,11?/m0/s1. The number of hydrogen-bond acceptors (Lipinski definition) is 8. The highest BCUT2D eigenvalue weighted by Gasteiger charge is 2.53. The number of carbonyl (C=O) groups is 2. The maximum atomic E-state index is 11.2. The van der Waals surface area contributed by atoms with Crippen LogP contribution in [0.4, 0.5) is 0 Å². The number of aliphatic hydroxyl groups excluding tert-OH is 3. The molecule has 1 heterocycles. The number of nitrogens with zero attached hydrogens (tertiary/aromatic N) is 1. The first-order chi connectivity index (χ1) is 9.62. The minimum atomic E-state index is -2.71. The van der Waals surface area contributed by atoms with Crippen LogP contribution >= 0.6 is 0 Å². The van der Waals surface area contributed by atoms with Gasteiger partial charge in [-0.05, 0) is 0 Å². The van der Waals surface area contributed by atoms with Gasteiger partial charge in [0.1, 0.15) is 6.04 Å². The van der Waals surface area contributed by atoms with Gasteiger partial charge in [0.2, 0.25) is 5.91 Å². The van der Waals surface area contributed by atoms with E-state index >= 15 is 0 Å². The average molecular weight is 309 g/mol. The van der Waals surface area contributed by atoms with Gasteiger partial charge in [0, 0.05) is 19.8 Å². The third kappa shape index (κ3) is 3.87. The van der Waals surface area contributed by atoms with Crippen molar-refractivity contribution in [1.29, 1.82) is 0 Å². The van der Waals surface area contributed by atoms with Crippen molar-refractivity contribution in [3.63, 3.8) is 0 Å². The van der Waals surface area contributed by atoms with Crippen LogP contribution in [0.2, 0.25) is 0 Å². The Morgan fingerprint density at radius 1 is 1.48 bits per heavy atom. The first-order valence-corrected chi connectivity index (χ1v) is 6.21. The molecule has 10 nitrogen and oxygen atoms in total. The van der Waals surface area contributed by atoms with Gasteiger partial charge in [0.25, 0.3) is 5.79 Å². The van der Waals surface area contributed by atoms with Crippen molar-refractivity contribution in [3.05, 3.63) is 0 Å². The third-order valence-corrected chi connectivity index (χ3v) is 3.26. The topological polar surface area (TPSA) is 168 Å². The molecule has 122 valence electrons. The number of amides is 1. The third-order valence-electron chi connectivity index (χ3n) is 3.26. The second kappa shape index (κ2) is 6.64. The lowest BCUT2D eigenvalue weighted by atomic mass is 9.90.